The van der Waals surface area contributed by atoms with E-state index in [9.17, 15) is 4.79 Å². The Kier molecular flexibility index (Phi) is 2.32. The summed E-state index contributed by atoms with van der Waals surface area (Å²) < 4.78 is 0. The Morgan fingerprint density at radius 3 is 2.94 bits per heavy atom. The van der Waals surface area contributed by atoms with E-state index in [-0.39, 0.29) is 5.56 Å². The summed E-state index contributed by atoms with van der Waals surface area (Å²) in [5, 5.41) is 0. The maximum absolute atomic E-state index is 11.4. The molecule has 0 unspecified atom stereocenters. The minimum Gasteiger partial charge on any atom is -0.326 e. The number of hydrogen-bond acceptors (Lipinski definition) is 1. The molecule has 0 saturated heterocycles. The lowest BCUT2D eigenvalue weighted by molar-refractivity contribution is 0.552. The van der Waals surface area contributed by atoms with Crippen LogP contribution in [0.5, 0.6) is 0 Å². The quantitative estimate of drug-likeness (QED) is 0.679. The maximum Gasteiger partial charge on any atom is 0.248 e. The van der Waals surface area contributed by atoms with Crippen LogP contribution >= 0.6 is 0 Å². The Balaban J connectivity index is 2.19. The Hall–Kier alpha value is -1.57. The number of pyridine rings is 1. The van der Waals surface area contributed by atoms with E-state index in [0.29, 0.717) is 11.8 Å². The Bertz CT molecular complexity index is 577. The molecular weight excluding hydrogens is 210 g/mol. The molecule has 2 nitrogen and oxygen atoms in total. The fraction of sp³-hybridized carbons (Fsp3) is 0.400. The second-order valence-electron chi connectivity index (χ2n) is 5.13. The van der Waals surface area contributed by atoms with Crippen LogP contribution in [0.2, 0.25) is 0 Å². The number of aromatic amines is 1. The lowest BCUT2D eigenvalue weighted by Gasteiger charge is -2.37. The minimum atomic E-state index is 0.0199. The first-order valence-electron chi connectivity index (χ1n) is 6.24. The van der Waals surface area contributed by atoms with Crippen molar-refractivity contribution in [2.45, 2.75) is 32.6 Å². The molecule has 0 saturated carbocycles. The molecular formula is C15H17NO. The van der Waals surface area contributed by atoms with E-state index in [2.05, 4.69) is 31.0 Å². The smallest absolute Gasteiger partial charge is 0.248 e. The summed E-state index contributed by atoms with van der Waals surface area (Å²) in [5.74, 6) is 0.972. The number of nitrogens with one attached hydrogen (secondary N) is 1. The van der Waals surface area contributed by atoms with Gasteiger partial charge in [0.2, 0.25) is 5.56 Å². The molecule has 0 spiro atoms. The van der Waals surface area contributed by atoms with Gasteiger partial charge in [-0.05, 0) is 32.3 Å². The monoisotopic (exact) mass is 227 g/mol. The van der Waals surface area contributed by atoms with Gasteiger partial charge in [-0.1, -0.05) is 29.4 Å². The Morgan fingerprint density at radius 2 is 2.18 bits per heavy atom. The lowest BCUT2D eigenvalue weighted by atomic mass is 9.68. The first kappa shape index (κ1) is 10.6. The summed E-state index contributed by atoms with van der Waals surface area (Å²) in [6, 6.07) is 3.66. The van der Waals surface area contributed by atoms with Gasteiger partial charge >= 0.3 is 0 Å². The summed E-state index contributed by atoms with van der Waals surface area (Å²) in [5.41, 5.74) is 5.48. The number of allylic oxidation sites excluding steroid dienone is 4. The zero-order valence-electron chi connectivity index (χ0n) is 10.3. The fourth-order valence-corrected chi connectivity index (χ4v) is 3.33. The van der Waals surface area contributed by atoms with Crippen LogP contribution in [-0.2, 0) is 6.42 Å². The van der Waals surface area contributed by atoms with Gasteiger partial charge in [-0.25, -0.2) is 0 Å². The van der Waals surface area contributed by atoms with Gasteiger partial charge in [0.15, 0.2) is 0 Å². The molecule has 0 fully saturated rings. The molecule has 2 atom stereocenters. The van der Waals surface area contributed by atoms with Crippen molar-refractivity contribution >= 4 is 0 Å². The normalized spacial score (nSPS) is 28.8. The molecule has 0 aromatic carbocycles. The molecule has 1 aromatic heterocycles. The summed E-state index contributed by atoms with van der Waals surface area (Å²) >= 11 is 0. The molecule has 17 heavy (non-hydrogen) atoms. The van der Waals surface area contributed by atoms with Gasteiger partial charge in [0, 0.05) is 23.6 Å². The number of hydrogen-bond donors (Lipinski definition) is 1. The third kappa shape index (κ3) is 1.59. The molecule has 1 aromatic rings. The SMILES string of the molecule is C/C=C1\[C@H]2C=C(C)C[C@@H]1c1ccc(=O)[nH]c1C2. The highest BCUT2D eigenvalue weighted by molar-refractivity contribution is 5.44. The third-order valence-corrected chi connectivity index (χ3v) is 4.01. The molecule has 0 radical (unpaired) electrons. The second kappa shape index (κ2) is 3.73. The van der Waals surface area contributed by atoms with E-state index in [1.165, 1.54) is 16.7 Å². The van der Waals surface area contributed by atoms with Gasteiger partial charge in [-0.15, -0.1) is 0 Å². The average Bonchev–Trinajstić information content (AvgIpc) is 2.27. The standard InChI is InChI=1S/C15H17NO/c1-3-11-10-6-9(2)7-13(11)12-4-5-15(17)16-14(12)8-10/h3-6,10,13H,7-8H2,1-2H3,(H,16,17)/b11-3+/t10-,13-/m0/s1. The number of rotatable bonds is 0. The van der Waals surface area contributed by atoms with E-state index in [1.807, 2.05) is 6.07 Å². The largest absolute Gasteiger partial charge is 0.326 e. The van der Waals surface area contributed by atoms with Crippen LogP contribution < -0.4 is 5.56 Å². The Labute approximate surface area is 101 Å². The number of fused-ring (bicyclic) bond motifs is 4. The minimum absolute atomic E-state index is 0.0199. The van der Waals surface area contributed by atoms with Crippen molar-refractivity contribution in [1.82, 2.24) is 4.98 Å². The molecule has 88 valence electrons. The van der Waals surface area contributed by atoms with Crippen LogP contribution in [-0.4, -0.2) is 4.98 Å². The van der Waals surface area contributed by atoms with Crippen molar-refractivity contribution in [3.05, 3.63) is 57.0 Å². The Morgan fingerprint density at radius 1 is 1.35 bits per heavy atom. The maximum atomic E-state index is 11.4. The van der Waals surface area contributed by atoms with Crippen LogP contribution in [0, 0.1) is 5.92 Å². The van der Waals surface area contributed by atoms with E-state index >= 15 is 0 Å². The van der Waals surface area contributed by atoms with Crippen molar-refractivity contribution in [3.8, 4) is 0 Å². The van der Waals surface area contributed by atoms with Crippen molar-refractivity contribution in [2.75, 3.05) is 0 Å². The van der Waals surface area contributed by atoms with Crippen LogP contribution in [0.15, 0.2) is 40.2 Å². The van der Waals surface area contributed by atoms with Crippen LogP contribution in [0.4, 0.5) is 0 Å². The summed E-state index contributed by atoms with van der Waals surface area (Å²) in [7, 11) is 0. The van der Waals surface area contributed by atoms with Crippen LogP contribution in [0.1, 0.15) is 37.4 Å². The van der Waals surface area contributed by atoms with Crippen molar-refractivity contribution in [1.29, 1.82) is 0 Å². The predicted molar refractivity (Wildman–Crippen MR) is 69.1 cm³/mol. The molecule has 2 bridgehead atoms. The molecule has 3 rings (SSSR count). The molecule has 2 aliphatic carbocycles. The van der Waals surface area contributed by atoms with Gasteiger partial charge in [0.1, 0.15) is 0 Å². The highest BCUT2D eigenvalue weighted by Gasteiger charge is 2.33. The highest BCUT2D eigenvalue weighted by atomic mass is 16.1. The third-order valence-electron chi connectivity index (χ3n) is 4.01. The zero-order valence-corrected chi connectivity index (χ0v) is 10.3. The number of H-pyrrole nitrogens is 1. The molecule has 2 aliphatic rings. The van der Waals surface area contributed by atoms with Gasteiger partial charge < -0.3 is 4.98 Å². The molecule has 1 N–H and O–H groups in total. The number of aromatic nitrogens is 1. The second-order valence-corrected chi connectivity index (χ2v) is 5.13. The first-order chi connectivity index (χ1) is 8.19. The van der Waals surface area contributed by atoms with Gasteiger partial charge in [0.25, 0.3) is 0 Å². The topological polar surface area (TPSA) is 32.9 Å². The molecule has 0 amide bonds. The average molecular weight is 227 g/mol. The summed E-state index contributed by atoms with van der Waals surface area (Å²) in [6.45, 7) is 4.34. The van der Waals surface area contributed by atoms with Crippen LogP contribution in [0.3, 0.4) is 0 Å². The van der Waals surface area contributed by atoms with Crippen molar-refractivity contribution in [3.63, 3.8) is 0 Å². The first-order valence-corrected chi connectivity index (χ1v) is 6.24. The zero-order chi connectivity index (χ0) is 12.0. The van der Waals surface area contributed by atoms with E-state index in [4.69, 9.17) is 0 Å². The van der Waals surface area contributed by atoms with Crippen molar-refractivity contribution in [2.24, 2.45) is 5.92 Å². The van der Waals surface area contributed by atoms with E-state index in [0.717, 1.165) is 18.5 Å². The lowest BCUT2D eigenvalue weighted by Crippen LogP contribution is -2.27. The molecule has 0 aliphatic heterocycles. The highest BCUT2D eigenvalue weighted by Crippen LogP contribution is 2.45. The van der Waals surface area contributed by atoms with Gasteiger partial charge in [-0.2, -0.15) is 0 Å². The van der Waals surface area contributed by atoms with E-state index < -0.39 is 0 Å². The fourth-order valence-electron chi connectivity index (χ4n) is 3.33. The predicted octanol–water partition coefficient (Wildman–Crippen LogP) is 2.93. The van der Waals surface area contributed by atoms with Crippen LogP contribution in [0.25, 0.3) is 0 Å². The van der Waals surface area contributed by atoms with Gasteiger partial charge in [0.05, 0.1) is 0 Å². The molecule has 2 heteroatoms. The van der Waals surface area contributed by atoms with E-state index in [1.54, 1.807) is 6.07 Å². The van der Waals surface area contributed by atoms with Gasteiger partial charge in [-0.3, -0.25) is 4.79 Å². The molecule has 1 heterocycles. The summed E-state index contributed by atoms with van der Waals surface area (Å²) in [4.78, 5) is 14.4. The van der Waals surface area contributed by atoms with Crippen molar-refractivity contribution < 1.29 is 0 Å². The summed E-state index contributed by atoms with van der Waals surface area (Å²) in [6.07, 6.45) is 6.65.